The number of nitrogens with two attached hydrogens (primary N) is 1. The van der Waals surface area contributed by atoms with Gasteiger partial charge in [-0.05, 0) is 19.1 Å². The van der Waals surface area contributed by atoms with Crippen molar-refractivity contribution in [2.45, 2.75) is 19.8 Å². The third-order valence-electron chi connectivity index (χ3n) is 3.39. The summed E-state index contributed by atoms with van der Waals surface area (Å²) >= 11 is 0. The molecule has 8 nitrogen and oxygen atoms in total. The standard InChI is InChI=1S/C17H16N4O4/c1-11(19)13(9-18)15(22)10-25-17(24)14-7-8-16(23)21(20-14)12-5-3-2-4-6-12/h2-6H,7-8,10,19H2,1H3/b13-11+. The van der Waals surface area contributed by atoms with Gasteiger partial charge < -0.3 is 10.5 Å². The number of benzene rings is 1. The van der Waals surface area contributed by atoms with Crippen molar-refractivity contribution in [3.05, 3.63) is 41.6 Å². The third kappa shape index (κ3) is 4.29. The maximum atomic E-state index is 12.1. The van der Waals surface area contributed by atoms with Crippen LogP contribution in [0.5, 0.6) is 0 Å². The van der Waals surface area contributed by atoms with E-state index in [4.69, 9.17) is 15.7 Å². The molecular formula is C17H16N4O4. The normalized spacial score (nSPS) is 15.0. The minimum absolute atomic E-state index is 0.0308. The molecule has 128 valence electrons. The molecule has 0 fully saturated rings. The Morgan fingerprint density at radius 3 is 2.60 bits per heavy atom. The van der Waals surface area contributed by atoms with E-state index in [0.29, 0.717) is 5.69 Å². The summed E-state index contributed by atoms with van der Waals surface area (Å²) < 4.78 is 4.90. The second kappa shape index (κ2) is 7.88. The molecule has 8 heteroatoms. The zero-order chi connectivity index (χ0) is 18.4. The Hall–Kier alpha value is -3.47. The molecule has 1 amide bonds. The van der Waals surface area contributed by atoms with Crippen molar-refractivity contribution < 1.29 is 19.1 Å². The van der Waals surface area contributed by atoms with Crippen LogP contribution in [0.1, 0.15) is 19.8 Å². The summed E-state index contributed by atoms with van der Waals surface area (Å²) in [7, 11) is 0. The molecule has 0 saturated heterocycles. The summed E-state index contributed by atoms with van der Waals surface area (Å²) in [6.45, 7) is 0.793. The van der Waals surface area contributed by atoms with E-state index in [9.17, 15) is 14.4 Å². The van der Waals surface area contributed by atoms with Gasteiger partial charge in [0.15, 0.2) is 6.61 Å². The van der Waals surface area contributed by atoms with Gasteiger partial charge in [-0.3, -0.25) is 9.59 Å². The van der Waals surface area contributed by atoms with Crippen LogP contribution in [0.4, 0.5) is 5.69 Å². The van der Waals surface area contributed by atoms with Gasteiger partial charge in [0.1, 0.15) is 17.4 Å². The van der Waals surface area contributed by atoms with Crippen LogP contribution in [0.15, 0.2) is 46.7 Å². The minimum Gasteiger partial charge on any atom is -0.453 e. The first-order valence-corrected chi connectivity index (χ1v) is 7.46. The molecule has 1 aliphatic heterocycles. The molecule has 0 radical (unpaired) electrons. The number of nitriles is 1. The van der Waals surface area contributed by atoms with Crippen LogP contribution >= 0.6 is 0 Å². The molecule has 0 atom stereocenters. The van der Waals surface area contributed by atoms with Crippen molar-refractivity contribution >= 4 is 29.1 Å². The first kappa shape index (κ1) is 17.9. The highest BCUT2D eigenvalue weighted by Gasteiger charge is 2.27. The molecule has 0 spiro atoms. The van der Waals surface area contributed by atoms with Crippen LogP contribution in [0.25, 0.3) is 0 Å². The van der Waals surface area contributed by atoms with Crippen LogP contribution in [-0.2, 0) is 19.1 Å². The van der Waals surface area contributed by atoms with E-state index in [1.54, 1.807) is 36.4 Å². The number of Topliss-reactive ketones (excluding diaryl/α,β-unsaturated/α-hetero) is 1. The lowest BCUT2D eigenvalue weighted by molar-refractivity contribution is -0.140. The number of nitrogens with zero attached hydrogens (tertiary/aromatic N) is 3. The molecule has 0 saturated carbocycles. The number of amides is 1. The van der Waals surface area contributed by atoms with E-state index in [0.717, 1.165) is 5.01 Å². The highest BCUT2D eigenvalue weighted by Crippen LogP contribution is 2.20. The van der Waals surface area contributed by atoms with Crippen LogP contribution in [0.3, 0.4) is 0 Å². The molecular weight excluding hydrogens is 324 g/mol. The summed E-state index contributed by atoms with van der Waals surface area (Å²) in [6.07, 6.45) is 0.216. The lowest BCUT2D eigenvalue weighted by Gasteiger charge is -2.22. The number of para-hydroxylation sites is 1. The Balaban J connectivity index is 2.09. The number of ketones is 1. The van der Waals surface area contributed by atoms with Gasteiger partial charge >= 0.3 is 5.97 Å². The Bertz CT molecular complexity index is 802. The third-order valence-corrected chi connectivity index (χ3v) is 3.39. The zero-order valence-electron chi connectivity index (χ0n) is 13.6. The smallest absolute Gasteiger partial charge is 0.354 e. The SMILES string of the molecule is C/C(N)=C(/C#N)C(=O)COC(=O)C1=NN(c2ccccc2)C(=O)CC1. The van der Waals surface area contributed by atoms with E-state index >= 15 is 0 Å². The van der Waals surface area contributed by atoms with E-state index in [2.05, 4.69) is 5.10 Å². The molecule has 25 heavy (non-hydrogen) atoms. The fraction of sp³-hybridized carbons (Fsp3) is 0.235. The summed E-state index contributed by atoms with van der Waals surface area (Å²) in [5.74, 6) is -1.75. The summed E-state index contributed by atoms with van der Waals surface area (Å²) in [5, 5.41) is 14.0. The van der Waals surface area contributed by atoms with E-state index < -0.39 is 18.4 Å². The second-order valence-corrected chi connectivity index (χ2v) is 5.26. The van der Waals surface area contributed by atoms with E-state index in [1.807, 2.05) is 0 Å². The van der Waals surface area contributed by atoms with Gasteiger partial charge in [0.05, 0.1) is 5.69 Å². The number of carbonyl (C=O) groups excluding carboxylic acids is 3. The minimum atomic E-state index is -0.811. The number of allylic oxidation sites excluding steroid dienone is 1. The Morgan fingerprint density at radius 2 is 2.00 bits per heavy atom. The van der Waals surface area contributed by atoms with E-state index in [-0.39, 0.29) is 35.7 Å². The zero-order valence-corrected chi connectivity index (χ0v) is 13.6. The van der Waals surface area contributed by atoms with E-state index in [1.165, 1.54) is 6.92 Å². The molecule has 0 aliphatic carbocycles. The number of hydrazone groups is 1. The van der Waals surface area contributed by atoms with Gasteiger partial charge in [0.25, 0.3) is 0 Å². The summed E-state index contributed by atoms with van der Waals surface area (Å²) in [4.78, 5) is 35.9. The first-order chi connectivity index (χ1) is 11.9. The van der Waals surface area contributed by atoms with Gasteiger partial charge in [0.2, 0.25) is 11.7 Å². The number of carbonyl (C=O) groups is 3. The van der Waals surface area contributed by atoms with Crippen LogP contribution in [-0.4, -0.2) is 30.0 Å². The topological polar surface area (TPSA) is 126 Å². The van der Waals surface area contributed by atoms with Crippen LogP contribution < -0.4 is 10.7 Å². The number of hydrogen-bond acceptors (Lipinski definition) is 7. The lowest BCUT2D eigenvalue weighted by Crippen LogP contribution is -2.35. The quantitative estimate of drug-likeness (QED) is 0.485. The second-order valence-electron chi connectivity index (χ2n) is 5.26. The number of rotatable bonds is 5. The fourth-order valence-electron chi connectivity index (χ4n) is 2.13. The summed E-state index contributed by atoms with van der Waals surface area (Å²) in [5.41, 5.74) is 5.79. The number of hydrogen-bond donors (Lipinski definition) is 1. The highest BCUT2D eigenvalue weighted by molar-refractivity contribution is 6.38. The largest absolute Gasteiger partial charge is 0.453 e. The van der Waals surface area contributed by atoms with Crippen LogP contribution in [0, 0.1) is 11.3 Å². The predicted octanol–water partition coefficient (Wildman–Crippen LogP) is 1.04. The molecule has 2 rings (SSSR count). The van der Waals surface area contributed by atoms with Crippen molar-refractivity contribution in [2.24, 2.45) is 10.8 Å². The number of ether oxygens (including phenoxy) is 1. The Kier molecular flexibility index (Phi) is 5.63. The van der Waals surface area contributed by atoms with Crippen molar-refractivity contribution in [1.82, 2.24) is 0 Å². The molecule has 1 aromatic rings. The average molecular weight is 340 g/mol. The van der Waals surface area contributed by atoms with Gasteiger partial charge in [-0.25, -0.2) is 9.80 Å². The highest BCUT2D eigenvalue weighted by atomic mass is 16.5. The average Bonchev–Trinajstić information content (AvgIpc) is 2.61. The monoisotopic (exact) mass is 340 g/mol. The number of esters is 1. The molecule has 1 heterocycles. The molecule has 0 aromatic heterocycles. The maximum absolute atomic E-state index is 12.1. The molecule has 0 bridgehead atoms. The van der Waals surface area contributed by atoms with Gasteiger partial charge in [0, 0.05) is 18.5 Å². The van der Waals surface area contributed by atoms with Gasteiger partial charge in [-0.1, -0.05) is 18.2 Å². The van der Waals surface area contributed by atoms with Crippen molar-refractivity contribution in [2.75, 3.05) is 11.6 Å². The predicted molar refractivity (Wildman–Crippen MR) is 89.1 cm³/mol. The molecule has 1 aromatic carbocycles. The number of anilines is 1. The maximum Gasteiger partial charge on any atom is 0.354 e. The van der Waals surface area contributed by atoms with Gasteiger partial charge in [-0.15, -0.1) is 0 Å². The van der Waals surface area contributed by atoms with Gasteiger partial charge in [-0.2, -0.15) is 10.4 Å². The van der Waals surface area contributed by atoms with Crippen molar-refractivity contribution in [3.8, 4) is 6.07 Å². The lowest BCUT2D eigenvalue weighted by atomic mass is 10.1. The van der Waals surface area contributed by atoms with Crippen molar-refractivity contribution in [3.63, 3.8) is 0 Å². The molecule has 2 N–H and O–H groups in total. The molecule has 1 aliphatic rings. The fourth-order valence-corrected chi connectivity index (χ4v) is 2.13. The first-order valence-electron chi connectivity index (χ1n) is 7.46. The molecule has 0 unspecified atom stereocenters. The Morgan fingerprint density at radius 1 is 1.32 bits per heavy atom. The summed E-state index contributed by atoms with van der Waals surface area (Å²) in [6, 6.07) is 10.3. The van der Waals surface area contributed by atoms with Crippen molar-refractivity contribution in [1.29, 1.82) is 5.26 Å². The Labute approximate surface area is 144 Å². The van der Waals surface area contributed by atoms with Crippen LogP contribution in [0.2, 0.25) is 0 Å².